The molecule has 0 spiro atoms. The van der Waals surface area contributed by atoms with E-state index in [2.05, 4.69) is 0 Å². The number of benzene rings is 1. The predicted octanol–water partition coefficient (Wildman–Crippen LogP) is 3.15. The number of ether oxygens (including phenoxy) is 1. The number of hydrogen-bond donors (Lipinski definition) is 1. The Morgan fingerprint density at radius 2 is 2.08 bits per heavy atom. The molecular weight excluding hydrogens is 351 g/mol. The van der Waals surface area contributed by atoms with Crippen LogP contribution in [0, 0.1) is 5.41 Å². The summed E-state index contributed by atoms with van der Waals surface area (Å²) >= 11 is 0. The van der Waals surface area contributed by atoms with Gasteiger partial charge in [0.25, 0.3) is 0 Å². The van der Waals surface area contributed by atoms with Crippen LogP contribution >= 0.6 is 0 Å². The SMILES string of the molecule is CCC(C(=O)N1CCC(COC)(C(=O)O)C1)c1cccc(C(F)(F)F)c1. The molecule has 1 amide bonds. The van der Waals surface area contributed by atoms with Crippen molar-refractivity contribution in [3.05, 3.63) is 35.4 Å². The average molecular weight is 373 g/mol. The Labute approximate surface area is 149 Å². The second kappa shape index (κ2) is 7.65. The van der Waals surface area contributed by atoms with Crippen molar-refractivity contribution in [3.8, 4) is 0 Å². The lowest BCUT2D eigenvalue weighted by Crippen LogP contribution is -2.41. The third kappa shape index (κ3) is 4.00. The van der Waals surface area contributed by atoms with Crippen LogP contribution in [-0.2, 0) is 20.5 Å². The number of carboxylic acids is 1. The first-order valence-corrected chi connectivity index (χ1v) is 8.33. The van der Waals surface area contributed by atoms with Crippen LogP contribution in [0.4, 0.5) is 13.2 Å². The monoisotopic (exact) mass is 373 g/mol. The van der Waals surface area contributed by atoms with Crippen LogP contribution in [0.2, 0.25) is 0 Å². The van der Waals surface area contributed by atoms with E-state index in [1.54, 1.807) is 6.92 Å². The van der Waals surface area contributed by atoms with E-state index in [-0.39, 0.29) is 37.6 Å². The lowest BCUT2D eigenvalue weighted by atomic mass is 9.88. The van der Waals surface area contributed by atoms with Gasteiger partial charge >= 0.3 is 12.1 Å². The summed E-state index contributed by atoms with van der Waals surface area (Å²) in [6.45, 7) is 1.93. The van der Waals surface area contributed by atoms with Crippen LogP contribution in [0.15, 0.2) is 24.3 Å². The summed E-state index contributed by atoms with van der Waals surface area (Å²) in [5.74, 6) is -2.14. The highest BCUT2D eigenvalue weighted by Crippen LogP contribution is 2.36. The molecule has 0 saturated carbocycles. The third-order valence-corrected chi connectivity index (χ3v) is 4.86. The number of likely N-dealkylation sites (tertiary alicyclic amines) is 1. The molecule has 1 aliphatic rings. The van der Waals surface area contributed by atoms with Gasteiger partial charge in [0.05, 0.1) is 18.1 Å². The number of halogens is 3. The smallest absolute Gasteiger partial charge is 0.416 e. The van der Waals surface area contributed by atoms with Gasteiger partial charge in [0.15, 0.2) is 0 Å². The fraction of sp³-hybridized carbons (Fsp3) is 0.556. The summed E-state index contributed by atoms with van der Waals surface area (Å²) in [4.78, 5) is 25.9. The van der Waals surface area contributed by atoms with E-state index < -0.39 is 29.0 Å². The van der Waals surface area contributed by atoms with Crippen molar-refractivity contribution in [1.82, 2.24) is 4.90 Å². The molecule has 0 aliphatic carbocycles. The number of alkyl halides is 3. The molecule has 26 heavy (non-hydrogen) atoms. The second-order valence-electron chi connectivity index (χ2n) is 6.61. The van der Waals surface area contributed by atoms with Gasteiger partial charge in [0.1, 0.15) is 5.41 Å². The zero-order valence-electron chi connectivity index (χ0n) is 14.7. The van der Waals surface area contributed by atoms with Crippen LogP contribution in [0.3, 0.4) is 0 Å². The Balaban J connectivity index is 2.24. The normalized spacial score (nSPS) is 21.7. The molecule has 0 bridgehead atoms. The molecule has 1 saturated heterocycles. The molecule has 0 radical (unpaired) electrons. The average Bonchev–Trinajstić information content (AvgIpc) is 3.01. The Bertz CT molecular complexity index is 677. The van der Waals surface area contributed by atoms with Gasteiger partial charge in [0, 0.05) is 20.2 Å². The first kappa shape index (κ1) is 20.2. The molecule has 2 atom stereocenters. The van der Waals surface area contributed by atoms with Crippen molar-refractivity contribution in [2.45, 2.75) is 31.9 Å². The van der Waals surface area contributed by atoms with Gasteiger partial charge in [-0.25, -0.2) is 0 Å². The molecule has 2 rings (SSSR count). The summed E-state index contributed by atoms with van der Waals surface area (Å²) < 4.78 is 43.8. The lowest BCUT2D eigenvalue weighted by Gasteiger charge is -2.26. The Hall–Kier alpha value is -2.09. The van der Waals surface area contributed by atoms with Crippen LogP contribution in [0.25, 0.3) is 0 Å². The highest BCUT2D eigenvalue weighted by atomic mass is 19.4. The second-order valence-corrected chi connectivity index (χ2v) is 6.61. The van der Waals surface area contributed by atoms with E-state index in [4.69, 9.17) is 4.74 Å². The van der Waals surface area contributed by atoms with E-state index in [0.29, 0.717) is 6.42 Å². The molecule has 1 aromatic carbocycles. The van der Waals surface area contributed by atoms with Crippen molar-refractivity contribution < 1.29 is 32.6 Å². The molecule has 144 valence electrons. The minimum atomic E-state index is -4.48. The zero-order valence-corrected chi connectivity index (χ0v) is 14.7. The quantitative estimate of drug-likeness (QED) is 0.832. The fourth-order valence-corrected chi connectivity index (χ4v) is 3.40. The number of amides is 1. The van der Waals surface area contributed by atoms with Gasteiger partial charge in [-0.1, -0.05) is 25.1 Å². The van der Waals surface area contributed by atoms with Crippen LogP contribution in [0.5, 0.6) is 0 Å². The lowest BCUT2D eigenvalue weighted by molar-refractivity contribution is -0.151. The van der Waals surface area contributed by atoms with E-state index in [1.807, 2.05) is 0 Å². The van der Waals surface area contributed by atoms with E-state index in [0.717, 1.165) is 12.1 Å². The van der Waals surface area contributed by atoms with Gasteiger partial charge in [-0.05, 0) is 24.5 Å². The summed E-state index contributed by atoms with van der Waals surface area (Å²) in [7, 11) is 1.40. The Morgan fingerprint density at radius 1 is 1.38 bits per heavy atom. The number of methoxy groups -OCH3 is 1. The largest absolute Gasteiger partial charge is 0.481 e. The molecule has 1 heterocycles. The maximum atomic E-state index is 12.9. The molecule has 5 nitrogen and oxygen atoms in total. The topological polar surface area (TPSA) is 66.8 Å². The van der Waals surface area contributed by atoms with Gasteiger partial charge in [-0.3, -0.25) is 9.59 Å². The third-order valence-electron chi connectivity index (χ3n) is 4.86. The number of nitrogens with zero attached hydrogens (tertiary/aromatic N) is 1. The number of aliphatic carboxylic acids is 1. The highest BCUT2D eigenvalue weighted by Gasteiger charge is 2.47. The summed E-state index contributed by atoms with van der Waals surface area (Å²) in [5.41, 5.74) is -1.69. The van der Waals surface area contributed by atoms with E-state index in [1.165, 1.54) is 24.1 Å². The van der Waals surface area contributed by atoms with Gasteiger partial charge < -0.3 is 14.7 Å². The van der Waals surface area contributed by atoms with Crippen molar-refractivity contribution in [2.75, 3.05) is 26.8 Å². The van der Waals surface area contributed by atoms with Crippen LogP contribution < -0.4 is 0 Å². The number of carboxylic acid groups (broad SMARTS) is 1. The summed E-state index contributed by atoms with van der Waals surface area (Å²) in [6.07, 6.45) is -3.91. The first-order chi connectivity index (χ1) is 12.1. The number of rotatable bonds is 6. The van der Waals surface area contributed by atoms with Gasteiger partial charge in [-0.2, -0.15) is 13.2 Å². The highest BCUT2D eigenvalue weighted by molar-refractivity contribution is 5.85. The molecule has 1 N–H and O–H groups in total. The van der Waals surface area contributed by atoms with E-state index >= 15 is 0 Å². The minimum Gasteiger partial charge on any atom is -0.481 e. The molecule has 8 heteroatoms. The molecule has 2 unspecified atom stereocenters. The predicted molar refractivity (Wildman–Crippen MR) is 87.6 cm³/mol. The Morgan fingerprint density at radius 3 is 2.62 bits per heavy atom. The minimum absolute atomic E-state index is 0.00946. The summed E-state index contributed by atoms with van der Waals surface area (Å²) in [5, 5.41) is 9.49. The van der Waals surface area contributed by atoms with Gasteiger partial charge in [-0.15, -0.1) is 0 Å². The fourth-order valence-electron chi connectivity index (χ4n) is 3.40. The number of carbonyl (C=O) groups excluding carboxylic acids is 1. The van der Waals surface area contributed by atoms with Crippen molar-refractivity contribution >= 4 is 11.9 Å². The molecule has 0 aromatic heterocycles. The molecular formula is C18H22F3NO4. The van der Waals surface area contributed by atoms with Crippen LogP contribution in [0.1, 0.15) is 36.8 Å². The number of hydrogen-bond acceptors (Lipinski definition) is 3. The zero-order chi connectivity index (χ0) is 19.5. The number of carbonyl (C=O) groups is 2. The maximum absolute atomic E-state index is 12.9. The molecule has 1 aliphatic heterocycles. The molecule has 1 aromatic rings. The standard InChI is InChI=1S/C18H22F3NO4/c1-3-14(12-5-4-6-13(9-12)18(19,20)21)15(23)22-8-7-17(10-22,11-26-2)16(24)25/h4-6,9,14H,3,7-8,10-11H2,1-2H3,(H,24,25). The summed E-state index contributed by atoms with van der Waals surface area (Å²) in [6, 6.07) is 4.73. The maximum Gasteiger partial charge on any atom is 0.416 e. The van der Waals surface area contributed by atoms with Crippen molar-refractivity contribution in [1.29, 1.82) is 0 Å². The first-order valence-electron chi connectivity index (χ1n) is 8.33. The van der Waals surface area contributed by atoms with Crippen molar-refractivity contribution in [3.63, 3.8) is 0 Å². The van der Waals surface area contributed by atoms with Crippen LogP contribution in [-0.4, -0.2) is 48.7 Å². The van der Waals surface area contributed by atoms with Gasteiger partial charge in [0.2, 0.25) is 5.91 Å². The Kier molecular flexibility index (Phi) is 5.95. The van der Waals surface area contributed by atoms with E-state index in [9.17, 15) is 27.9 Å². The molecule has 1 fully saturated rings. The van der Waals surface area contributed by atoms with Crippen molar-refractivity contribution in [2.24, 2.45) is 5.41 Å².